The average molecular weight is 298 g/mol. The summed E-state index contributed by atoms with van der Waals surface area (Å²) in [7, 11) is 0. The van der Waals surface area contributed by atoms with Crippen molar-refractivity contribution in [1.29, 1.82) is 0 Å². The molecule has 0 saturated heterocycles. The van der Waals surface area contributed by atoms with E-state index in [9.17, 15) is 13.2 Å². The van der Waals surface area contributed by atoms with Crippen LogP contribution in [0.25, 0.3) is 0 Å². The van der Waals surface area contributed by atoms with Crippen molar-refractivity contribution in [3.63, 3.8) is 0 Å². The van der Waals surface area contributed by atoms with Gasteiger partial charge in [0.15, 0.2) is 0 Å². The molecular weight excluding hydrogens is 277 g/mol. The molecule has 1 aliphatic heterocycles. The molecule has 0 radical (unpaired) electrons. The van der Waals surface area contributed by atoms with E-state index in [0.717, 1.165) is 12.2 Å². The van der Waals surface area contributed by atoms with Gasteiger partial charge in [-0.2, -0.15) is 13.2 Å². The van der Waals surface area contributed by atoms with Gasteiger partial charge in [-0.1, -0.05) is 25.1 Å². The zero-order valence-electron chi connectivity index (χ0n) is 12.4. The molecule has 1 N–H and O–H groups in total. The van der Waals surface area contributed by atoms with Gasteiger partial charge < -0.3 is 10.2 Å². The minimum Gasteiger partial charge on any atom is -0.367 e. The van der Waals surface area contributed by atoms with Crippen LogP contribution < -0.4 is 10.2 Å². The fourth-order valence-electron chi connectivity index (χ4n) is 2.56. The molecule has 2 nitrogen and oxygen atoms in total. The first-order chi connectivity index (χ1) is 9.91. The fraction of sp³-hybridized carbons (Fsp3) is 0.500. The van der Waals surface area contributed by atoms with E-state index in [2.05, 4.69) is 19.2 Å². The molecule has 1 aliphatic rings. The zero-order chi connectivity index (χ0) is 15.5. The summed E-state index contributed by atoms with van der Waals surface area (Å²) in [4.78, 5) is 1.97. The maximum atomic E-state index is 12.6. The van der Waals surface area contributed by atoms with Crippen LogP contribution in [0.2, 0.25) is 0 Å². The van der Waals surface area contributed by atoms with Crippen molar-refractivity contribution in [2.24, 2.45) is 0 Å². The predicted molar refractivity (Wildman–Crippen MR) is 79.5 cm³/mol. The summed E-state index contributed by atoms with van der Waals surface area (Å²) in [5, 5.41) is 3.34. The molecule has 1 unspecified atom stereocenters. The molecule has 0 spiro atoms. The lowest BCUT2D eigenvalue weighted by Crippen LogP contribution is -2.31. The molecule has 1 atom stereocenters. The lowest BCUT2D eigenvalue weighted by atomic mass is 10.1. The second kappa shape index (κ2) is 6.52. The topological polar surface area (TPSA) is 15.3 Å². The Hall–Kier alpha value is -1.49. The largest absolute Gasteiger partial charge is 0.412 e. The van der Waals surface area contributed by atoms with Gasteiger partial charge in [0.1, 0.15) is 0 Å². The minimum absolute atomic E-state index is 0.0546. The van der Waals surface area contributed by atoms with Gasteiger partial charge in [0.05, 0.1) is 0 Å². The van der Waals surface area contributed by atoms with E-state index in [0.29, 0.717) is 13.1 Å². The third-order valence-electron chi connectivity index (χ3n) is 3.84. The first kappa shape index (κ1) is 15.9. The standard InChI is InChI=1S/C16H21F3N2/c1-3-20-12(2)13-4-6-15(7-5-13)21-10-8-14(9-11-21)16(17,18)19/h4-8,12,20H,3,9-11H2,1-2H3. The molecule has 1 aromatic rings. The lowest BCUT2D eigenvalue weighted by molar-refractivity contribution is -0.0943. The van der Waals surface area contributed by atoms with Crippen molar-refractivity contribution < 1.29 is 13.2 Å². The molecular formula is C16H21F3N2. The lowest BCUT2D eigenvalue weighted by Gasteiger charge is -2.29. The number of rotatable bonds is 4. The van der Waals surface area contributed by atoms with E-state index in [1.165, 1.54) is 11.6 Å². The Labute approximate surface area is 123 Å². The number of hydrogen-bond donors (Lipinski definition) is 1. The third kappa shape index (κ3) is 4.00. The van der Waals surface area contributed by atoms with E-state index < -0.39 is 11.7 Å². The van der Waals surface area contributed by atoms with E-state index >= 15 is 0 Å². The van der Waals surface area contributed by atoms with Crippen LogP contribution in [-0.4, -0.2) is 25.8 Å². The Kier molecular flexibility index (Phi) is 4.93. The summed E-state index contributed by atoms with van der Waals surface area (Å²) in [6, 6.07) is 8.31. The Morgan fingerprint density at radius 2 is 1.90 bits per heavy atom. The predicted octanol–water partition coefficient (Wildman–Crippen LogP) is 4.06. The molecule has 0 aliphatic carbocycles. The van der Waals surface area contributed by atoms with Gasteiger partial charge in [-0.15, -0.1) is 0 Å². The van der Waals surface area contributed by atoms with Crippen molar-refractivity contribution in [3.05, 3.63) is 41.5 Å². The maximum absolute atomic E-state index is 12.6. The molecule has 21 heavy (non-hydrogen) atoms. The maximum Gasteiger partial charge on any atom is 0.412 e. The van der Waals surface area contributed by atoms with Crippen LogP contribution in [0, 0.1) is 0 Å². The van der Waals surface area contributed by atoms with Crippen molar-refractivity contribution in [2.45, 2.75) is 32.5 Å². The summed E-state index contributed by atoms with van der Waals surface area (Å²) in [5.74, 6) is 0. The van der Waals surface area contributed by atoms with Gasteiger partial charge in [-0.3, -0.25) is 0 Å². The highest BCUT2D eigenvalue weighted by Gasteiger charge is 2.34. The number of nitrogens with zero attached hydrogens (tertiary/aromatic N) is 1. The molecule has 0 amide bonds. The van der Waals surface area contributed by atoms with Crippen molar-refractivity contribution in [2.75, 3.05) is 24.5 Å². The molecule has 0 fully saturated rings. The first-order valence-electron chi connectivity index (χ1n) is 7.26. The average Bonchev–Trinajstić information content (AvgIpc) is 2.47. The van der Waals surface area contributed by atoms with Crippen molar-refractivity contribution >= 4 is 5.69 Å². The van der Waals surface area contributed by atoms with Crippen molar-refractivity contribution in [3.8, 4) is 0 Å². The van der Waals surface area contributed by atoms with Gasteiger partial charge in [0.2, 0.25) is 0 Å². The monoisotopic (exact) mass is 298 g/mol. The zero-order valence-corrected chi connectivity index (χ0v) is 12.4. The van der Waals surface area contributed by atoms with Gasteiger partial charge in [0.25, 0.3) is 0 Å². The van der Waals surface area contributed by atoms with Gasteiger partial charge in [-0.05, 0) is 37.6 Å². The summed E-state index contributed by atoms with van der Waals surface area (Å²) in [6.45, 7) is 5.78. The number of benzene rings is 1. The quantitative estimate of drug-likeness (QED) is 0.843. The number of halogens is 3. The Morgan fingerprint density at radius 1 is 1.24 bits per heavy atom. The Balaban J connectivity index is 2.03. The van der Waals surface area contributed by atoms with Gasteiger partial charge in [-0.25, -0.2) is 0 Å². The van der Waals surface area contributed by atoms with Crippen molar-refractivity contribution in [1.82, 2.24) is 5.32 Å². The second-order valence-corrected chi connectivity index (χ2v) is 5.29. The Bertz CT molecular complexity index is 491. The molecule has 0 bridgehead atoms. The normalized spacial score (nSPS) is 17.6. The number of alkyl halides is 3. The molecule has 2 rings (SSSR count). The van der Waals surface area contributed by atoms with E-state index in [1.54, 1.807) is 0 Å². The highest BCUT2D eigenvalue weighted by molar-refractivity contribution is 5.50. The SMILES string of the molecule is CCNC(C)c1ccc(N2CC=C(C(F)(F)F)CC2)cc1. The molecule has 1 heterocycles. The van der Waals surface area contributed by atoms with E-state index in [-0.39, 0.29) is 12.5 Å². The Morgan fingerprint density at radius 3 is 2.38 bits per heavy atom. The molecule has 5 heteroatoms. The van der Waals surface area contributed by atoms with E-state index in [4.69, 9.17) is 0 Å². The second-order valence-electron chi connectivity index (χ2n) is 5.29. The highest BCUT2D eigenvalue weighted by atomic mass is 19.4. The first-order valence-corrected chi connectivity index (χ1v) is 7.26. The van der Waals surface area contributed by atoms with Crippen LogP contribution in [0.1, 0.15) is 31.9 Å². The molecule has 0 saturated carbocycles. The van der Waals surface area contributed by atoms with Crippen LogP contribution in [0.5, 0.6) is 0 Å². The molecule has 116 valence electrons. The molecule has 1 aromatic carbocycles. The van der Waals surface area contributed by atoms with Crippen LogP contribution >= 0.6 is 0 Å². The van der Waals surface area contributed by atoms with Crippen LogP contribution in [0.3, 0.4) is 0 Å². The van der Waals surface area contributed by atoms with Gasteiger partial charge in [0, 0.05) is 30.4 Å². The smallest absolute Gasteiger partial charge is 0.367 e. The van der Waals surface area contributed by atoms with Crippen LogP contribution in [-0.2, 0) is 0 Å². The number of nitrogens with one attached hydrogen (secondary N) is 1. The van der Waals surface area contributed by atoms with Crippen LogP contribution in [0.4, 0.5) is 18.9 Å². The highest BCUT2D eigenvalue weighted by Crippen LogP contribution is 2.31. The van der Waals surface area contributed by atoms with Crippen LogP contribution in [0.15, 0.2) is 35.9 Å². The summed E-state index contributed by atoms with van der Waals surface area (Å²) in [6.07, 6.45) is -2.84. The fourth-order valence-corrected chi connectivity index (χ4v) is 2.56. The van der Waals surface area contributed by atoms with Gasteiger partial charge >= 0.3 is 6.18 Å². The van der Waals surface area contributed by atoms with E-state index in [1.807, 2.05) is 29.2 Å². The third-order valence-corrected chi connectivity index (χ3v) is 3.84. The number of hydrogen-bond acceptors (Lipinski definition) is 2. The molecule has 0 aromatic heterocycles. The summed E-state index contributed by atoms with van der Waals surface area (Å²) < 4.78 is 37.8. The summed E-state index contributed by atoms with van der Waals surface area (Å²) >= 11 is 0. The number of anilines is 1. The minimum atomic E-state index is -4.18. The summed E-state index contributed by atoms with van der Waals surface area (Å²) in [5.41, 5.74) is 1.75.